The van der Waals surface area contributed by atoms with Crippen LogP contribution < -0.4 is 10.5 Å². The number of nitrogens with one attached hydrogen (secondary N) is 1. The third-order valence-electron chi connectivity index (χ3n) is 2.45. The Labute approximate surface area is 132 Å². The number of nitrogens with zero attached hydrogens (tertiary/aromatic N) is 1. The molecule has 1 heterocycles. The van der Waals surface area contributed by atoms with Crippen LogP contribution in [0.25, 0.3) is 0 Å². The molecule has 5 nitrogen and oxygen atoms in total. The SMILES string of the molecule is NCC#Cc1ccc(S(=O)(=O)NCc2nccs2)c(Cl)c1. The number of rotatable bonds is 4. The first-order valence-corrected chi connectivity index (χ1v) is 8.63. The van der Waals surface area contributed by atoms with Gasteiger partial charge in [0.05, 0.1) is 18.1 Å². The van der Waals surface area contributed by atoms with Crippen LogP contribution in [0.5, 0.6) is 0 Å². The molecule has 0 aliphatic carbocycles. The van der Waals surface area contributed by atoms with Crippen molar-refractivity contribution in [3.05, 3.63) is 45.4 Å². The van der Waals surface area contributed by atoms with Crippen LogP contribution in [0.2, 0.25) is 5.02 Å². The molecule has 0 aliphatic heterocycles. The maximum absolute atomic E-state index is 12.2. The van der Waals surface area contributed by atoms with Gasteiger partial charge in [-0.1, -0.05) is 23.4 Å². The minimum atomic E-state index is -3.69. The fraction of sp³-hybridized carbons (Fsp3) is 0.154. The first-order chi connectivity index (χ1) is 10.0. The highest BCUT2D eigenvalue weighted by Gasteiger charge is 2.18. The van der Waals surface area contributed by atoms with Crippen molar-refractivity contribution in [2.75, 3.05) is 6.54 Å². The van der Waals surface area contributed by atoms with Crippen LogP contribution in [0, 0.1) is 11.8 Å². The largest absolute Gasteiger partial charge is 0.320 e. The van der Waals surface area contributed by atoms with Gasteiger partial charge in [-0.15, -0.1) is 11.3 Å². The molecule has 1 aromatic carbocycles. The van der Waals surface area contributed by atoms with Crippen molar-refractivity contribution in [2.24, 2.45) is 5.73 Å². The van der Waals surface area contributed by atoms with Crippen LogP contribution in [0.1, 0.15) is 10.6 Å². The van der Waals surface area contributed by atoms with Crippen molar-refractivity contribution < 1.29 is 8.42 Å². The third kappa shape index (κ3) is 4.27. The van der Waals surface area contributed by atoms with Gasteiger partial charge in [-0.05, 0) is 18.2 Å². The molecule has 0 spiro atoms. The molecule has 1 aromatic heterocycles. The van der Waals surface area contributed by atoms with Crippen molar-refractivity contribution in [1.29, 1.82) is 0 Å². The Morgan fingerprint density at radius 3 is 2.86 bits per heavy atom. The lowest BCUT2D eigenvalue weighted by Crippen LogP contribution is -2.23. The van der Waals surface area contributed by atoms with Gasteiger partial charge in [0, 0.05) is 17.1 Å². The predicted octanol–water partition coefficient (Wildman–Crippen LogP) is 1.59. The molecule has 21 heavy (non-hydrogen) atoms. The van der Waals surface area contributed by atoms with E-state index >= 15 is 0 Å². The second kappa shape index (κ2) is 7.02. The van der Waals surface area contributed by atoms with E-state index in [0.29, 0.717) is 10.6 Å². The lowest BCUT2D eigenvalue weighted by molar-refractivity contribution is 0.581. The normalized spacial score (nSPS) is 11.0. The van der Waals surface area contributed by atoms with Crippen LogP contribution in [-0.2, 0) is 16.6 Å². The second-order valence-electron chi connectivity index (χ2n) is 3.90. The Morgan fingerprint density at radius 1 is 1.43 bits per heavy atom. The summed E-state index contributed by atoms with van der Waals surface area (Å²) >= 11 is 7.40. The zero-order valence-electron chi connectivity index (χ0n) is 10.8. The second-order valence-corrected chi connectivity index (χ2v) is 7.02. The van der Waals surface area contributed by atoms with Crippen LogP contribution in [0.3, 0.4) is 0 Å². The molecule has 0 unspecified atom stereocenters. The Hall–Kier alpha value is -1.43. The number of hydrogen-bond donors (Lipinski definition) is 2. The zero-order chi connectivity index (χ0) is 15.3. The molecule has 3 N–H and O–H groups in total. The summed E-state index contributed by atoms with van der Waals surface area (Å²) in [6.07, 6.45) is 1.62. The van der Waals surface area contributed by atoms with Gasteiger partial charge in [-0.3, -0.25) is 0 Å². The number of benzene rings is 1. The summed E-state index contributed by atoms with van der Waals surface area (Å²) in [5.74, 6) is 5.48. The fourth-order valence-corrected chi connectivity index (χ4v) is 3.70. The average molecular weight is 342 g/mol. The summed E-state index contributed by atoms with van der Waals surface area (Å²) in [6.45, 7) is 0.359. The van der Waals surface area contributed by atoms with Crippen LogP contribution in [0.15, 0.2) is 34.7 Å². The number of hydrogen-bond acceptors (Lipinski definition) is 5. The quantitative estimate of drug-likeness (QED) is 0.827. The molecule has 0 bridgehead atoms. The zero-order valence-corrected chi connectivity index (χ0v) is 13.2. The third-order valence-corrected chi connectivity index (χ3v) is 5.12. The van der Waals surface area contributed by atoms with E-state index in [2.05, 4.69) is 21.5 Å². The molecule has 0 saturated carbocycles. The molecular formula is C13H12ClN3O2S2. The minimum Gasteiger partial charge on any atom is -0.320 e. The van der Waals surface area contributed by atoms with E-state index in [1.807, 2.05) is 0 Å². The maximum atomic E-state index is 12.2. The molecule has 0 amide bonds. The number of halogens is 1. The Kier molecular flexibility index (Phi) is 5.33. The van der Waals surface area contributed by atoms with Gasteiger partial charge in [0.25, 0.3) is 0 Å². The summed E-state index contributed by atoms with van der Waals surface area (Å²) in [7, 11) is -3.69. The van der Waals surface area contributed by atoms with Crippen LogP contribution in [0.4, 0.5) is 0 Å². The van der Waals surface area contributed by atoms with E-state index in [-0.39, 0.29) is 23.0 Å². The van der Waals surface area contributed by atoms with Gasteiger partial charge in [0.1, 0.15) is 9.90 Å². The highest BCUT2D eigenvalue weighted by Crippen LogP contribution is 2.22. The van der Waals surface area contributed by atoms with Gasteiger partial charge >= 0.3 is 0 Å². The molecule has 0 saturated heterocycles. The molecule has 8 heteroatoms. The topological polar surface area (TPSA) is 85.1 Å². The van der Waals surface area contributed by atoms with Crippen molar-refractivity contribution in [3.63, 3.8) is 0 Å². The number of nitrogens with two attached hydrogens (primary N) is 1. The predicted molar refractivity (Wildman–Crippen MR) is 83.5 cm³/mol. The summed E-state index contributed by atoms with van der Waals surface area (Å²) in [4.78, 5) is 4.02. The summed E-state index contributed by atoms with van der Waals surface area (Å²) < 4.78 is 26.9. The van der Waals surface area contributed by atoms with Gasteiger partial charge in [-0.2, -0.15) is 0 Å². The lowest BCUT2D eigenvalue weighted by atomic mass is 10.2. The van der Waals surface area contributed by atoms with Crippen LogP contribution in [-0.4, -0.2) is 19.9 Å². The van der Waals surface area contributed by atoms with Gasteiger partial charge in [0.2, 0.25) is 10.0 Å². The molecular weight excluding hydrogens is 330 g/mol. The van der Waals surface area contributed by atoms with E-state index in [1.54, 1.807) is 17.6 Å². The van der Waals surface area contributed by atoms with E-state index in [1.165, 1.54) is 23.5 Å². The van der Waals surface area contributed by atoms with Gasteiger partial charge in [0.15, 0.2) is 0 Å². The highest BCUT2D eigenvalue weighted by molar-refractivity contribution is 7.89. The van der Waals surface area contributed by atoms with E-state index < -0.39 is 10.0 Å². The average Bonchev–Trinajstić information content (AvgIpc) is 2.96. The maximum Gasteiger partial charge on any atom is 0.242 e. The lowest BCUT2D eigenvalue weighted by Gasteiger charge is -2.07. The Balaban J connectivity index is 2.19. The molecule has 0 radical (unpaired) electrons. The van der Waals surface area contributed by atoms with Gasteiger partial charge < -0.3 is 5.73 Å². The highest BCUT2D eigenvalue weighted by atomic mass is 35.5. The fourth-order valence-electron chi connectivity index (χ4n) is 1.52. The minimum absolute atomic E-state index is 0.0130. The van der Waals surface area contributed by atoms with Crippen molar-refractivity contribution in [1.82, 2.24) is 9.71 Å². The van der Waals surface area contributed by atoms with Crippen LogP contribution >= 0.6 is 22.9 Å². The van der Waals surface area contributed by atoms with Crippen molar-refractivity contribution in [2.45, 2.75) is 11.4 Å². The van der Waals surface area contributed by atoms with E-state index in [0.717, 1.165) is 0 Å². The standard InChI is InChI=1S/C13H12ClN3O2S2/c14-11-8-10(2-1-5-15)3-4-12(11)21(18,19)17-9-13-16-6-7-20-13/h3-4,6-8,17H,5,9,15H2. The molecule has 110 valence electrons. The molecule has 2 aromatic rings. The smallest absolute Gasteiger partial charge is 0.242 e. The molecule has 2 rings (SSSR count). The first-order valence-electron chi connectivity index (χ1n) is 5.89. The summed E-state index contributed by atoms with van der Waals surface area (Å²) in [5, 5.41) is 2.58. The summed E-state index contributed by atoms with van der Waals surface area (Å²) in [5.41, 5.74) is 5.90. The van der Waals surface area contributed by atoms with E-state index in [4.69, 9.17) is 17.3 Å². The number of thiazole rings is 1. The Morgan fingerprint density at radius 2 is 2.24 bits per heavy atom. The molecule has 0 atom stereocenters. The first kappa shape index (κ1) is 15.9. The number of aromatic nitrogens is 1. The summed E-state index contributed by atoms with van der Waals surface area (Å²) in [6, 6.07) is 4.52. The van der Waals surface area contributed by atoms with E-state index in [9.17, 15) is 8.42 Å². The van der Waals surface area contributed by atoms with Gasteiger partial charge in [-0.25, -0.2) is 18.1 Å². The Bertz CT molecular complexity index is 777. The molecule has 0 aliphatic rings. The van der Waals surface area contributed by atoms with Crippen molar-refractivity contribution >= 4 is 33.0 Å². The molecule has 0 fully saturated rings. The van der Waals surface area contributed by atoms with Crippen molar-refractivity contribution in [3.8, 4) is 11.8 Å². The monoisotopic (exact) mass is 341 g/mol. The number of sulfonamides is 1.